The van der Waals surface area contributed by atoms with Crippen molar-refractivity contribution in [2.24, 2.45) is 0 Å². The molecule has 478 valence electrons. The number of nitrogens with zero attached hydrogens (tertiary/aromatic N) is 4. The third kappa shape index (κ3) is 16.0. The van der Waals surface area contributed by atoms with Crippen LogP contribution in [-0.4, -0.2) is 155 Å². The van der Waals surface area contributed by atoms with Gasteiger partial charge in [0.2, 0.25) is 17.6 Å². The van der Waals surface area contributed by atoms with Gasteiger partial charge in [-0.25, -0.2) is 14.2 Å². The first kappa shape index (κ1) is 66.9. The molecule has 27 heteroatoms. The van der Waals surface area contributed by atoms with E-state index in [4.69, 9.17) is 62.1 Å². The Morgan fingerprint density at radius 2 is 1.36 bits per heavy atom. The minimum atomic E-state index is -4.64. The number of carbonyl (C=O) groups is 5. The Labute approximate surface area is 514 Å². The number of nitrogen functional groups attached to an aromatic ring is 1. The van der Waals surface area contributed by atoms with Crippen LogP contribution in [0.15, 0.2) is 120 Å². The van der Waals surface area contributed by atoms with Gasteiger partial charge >= 0.3 is 25.7 Å². The van der Waals surface area contributed by atoms with Crippen LogP contribution in [0.4, 0.5) is 5.95 Å². The predicted octanol–water partition coefficient (Wildman–Crippen LogP) is 6.72. The number of imidazole rings is 1. The van der Waals surface area contributed by atoms with Crippen molar-refractivity contribution < 1.29 is 85.0 Å². The van der Waals surface area contributed by atoms with Crippen molar-refractivity contribution in [2.75, 3.05) is 46.4 Å². The first-order chi connectivity index (χ1) is 42.5. The molecule has 2 aliphatic rings. The fourth-order valence-electron chi connectivity index (χ4n) is 11.0. The number of ether oxygens (including phenoxy) is 10. The molecule has 0 saturated carbocycles. The first-order valence-electron chi connectivity index (χ1n) is 28.9. The Hall–Kier alpha value is -8.07. The normalized spacial score (nSPS) is 21.2. The molecule has 2 unspecified atom stereocenters. The van der Waals surface area contributed by atoms with Crippen LogP contribution in [0.1, 0.15) is 91.1 Å². The molecule has 1 amide bonds. The van der Waals surface area contributed by atoms with E-state index in [2.05, 4.69) is 20.3 Å². The van der Waals surface area contributed by atoms with E-state index in [1.807, 2.05) is 82.3 Å². The summed E-state index contributed by atoms with van der Waals surface area (Å²) in [4.78, 5) is 90.0. The maximum Gasteiger partial charge on any atom is 0.409 e. The summed E-state index contributed by atoms with van der Waals surface area (Å²) in [6.45, 7) is 10.3. The number of benzene rings is 4. The molecule has 2 saturated heterocycles. The number of nitrogens with one attached hydrogen (secondary N) is 2. The number of methoxy groups -OCH3 is 2. The lowest BCUT2D eigenvalue weighted by molar-refractivity contribution is -0.278. The fourth-order valence-corrected chi connectivity index (χ4v) is 13.3. The maximum atomic E-state index is 16.4. The first-order valence-corrected chi connectivity index (χ1v) is 30.4. The molecule has 10 atom stereocenters. The zero-order valence-corrected chi connectivity index (χ0v) is 52.0. The number of amides is 1. The van der Waals surface area contributed by atoms with Gasteiger partial charge in [-0.05, 0) is 87.2 Å². The largest absolute Gasteiger partial charge is 0.497 e. The van der Waals surface area contributed by atoms with E-state index < -0.39 is 129 Å². The number of aromatic nitrogens is 4. The molecule has 2 aromatic heterocycles. The highest BCUT2D eigenvalue weighted by Gasteiger charge is 2.55. The number of hydrogen-bond acceptors (Lipinski definition) is 22. The average Bonchev–Trinajstić information content (AvgIpc) is 1.77. The average molecular weight is 1250 g/mol. The lowest BCUT2D eigenvalue weighted by Gasteiger charge is -2.45. The maximum absolute atomic E-state index is 16.4. The smallest absolute Gasteiger partial charge is 0.409 e. The molecule has 4 heterocycles. The second-order valence-corrected chi connectivity index (χ2v) is 23.5. The van der Waals surface area contributed by atoms with Gasteiger partial charge < -0.3 is 58.4 Å². The SMILES string of the molecule is COc1ccc(C(OC(C(=O)COc2ccccc2)[C@H]2O[C@@H](n3cnc4c(=O)[nH]c(N)nc43)C[C@@H]2OP(=O)(OCCCO[C@@H]2O[C@H](COC(C)=O)[C@@H](OC(C)=O)[C@H](OC(C)=O)[C@H]2NC(C)=O)N(C(C)C)C(C)C)(c2ccccc2)c2ccc(OC)cc2)cc1. The zero-order chi connectivity index (χ0) is 64.2. The van der Waals surface area contributed by atoms with Gasteiger partial charge in [0.05, 0.1) is 33.8 Å². The van der Waals surface area contributed by atoms with Crippen LogP contribution in [0.3, 0.4) is 0 Å². The van der Waals surface area contributed by atoms with Crippen molar-refractivity contribution in [3.05, 3.63) is 143 Å². The lowest BCUT2D eigenvalue weighted by Crippen LogP contribution is -2.66. The number of Topliss-reactive ketones (excluding diaryl/α,β-unsaturated/α-hetero) is 1. The minimum absolute atomic E-state index is 0.0233. The Kier molecular flexibility index (Phi) is 22.5. The highest BCUT2D eigenvalue weighted by atomic mass is 31.2. The summed E-state index contributed by atoms with van der Waals surface area (Å²) in [6.07, 6.45) is -9.98. The van der Waals surface area contributed by atoms with E-state index in [0.717, 1.165) is 13.8 Å². The van der Waals surface area contributed by atoms with Crippen LogP contribution in [-0.2, 0) is 76.3 Å². The standard InChI is InChI=1S/C62H76N7O19P/c1-36(2)69(37(3)4)89(76,82-31-17-30-79-60-52(65-38(5)70)57(84-41(8)73)56(83-40(7)72)50(85-60)34-80-39(6)71)88-49-32-51(68-35-64-53-58(68)66-61(63)67-59(53)75)86-55(49)54(48(74)33-81-47-20-15-12-16-21-47)87-62(42-18-13-11-14-19-42,43-22-26-45(77-9)27-23-43)44-24-28-46(78-10)29-25-44/h11-16,18-29,35-37,49-52,54-57,60H,17,30-34H2,1-10H3,(H,65,70)(H3,63,66,67,75)/t49-,50+,51+,52+,54?,55-,56+,57+,60+,89?/m0/s1. The predicted molar refractivity (Wildman–Crippen MR) is 320 cm³/mol. The number of H-pyrrole nitrogens is 1. The van der Waals surface area contributed by atoms with E-state index in [1.54, 1.807) is 73.5 Å². The van der Waals surface area contributed by atoms with Gasteiger partial charge in [-0.3, -0.25) is 47.4 Å². The van der Waals surface area contributed by atoms with E-state index in [9.17, 15) is 24.0 Å². The Bertz CT molecular complexity index is 3430. The fraction of sp³-hybridized carbons (Fsp3) is 0.452. The number of carbonyl (C=O) groups excluding carboxylic acids is 5. The van der Waals surface area contributed by atoms with Crippen LogP contribution in [0.2, 0.25) is 0 Å². The summed E-state index contributed by atoms with van der Waals surface area (Å²) in [5.41, 5.74) is 5.48. The molecule has 0 bridgehead atoms. The van der Waals surface area contributed by atoms with Gasteiger partial charge in [0, 0.05) is 46.2 Å². The molecule has 4 aromatic carbocycles. The summed E-state index contributed by atoms with van der Waals surface area (Å²) < 4.78 is 94.0. The number of ketones is 1. The molecule has 6 aromatic rings. The molecule has 89 heavy (non-hydrogen) atoms. The molecule has 0 spiro atoms. The highest BCUT2D eigenvalue weighted by Crippen LogP contribution is 2.58. The van der Waals surface area contributed by atoms with Crippen LogP contribution < -0.4 is 30.8 Å². The van der Waals surface area contributed by atoms with Crippen molar-refractivity contribution in [3.8, 4) is 17.2 Å². The molecule has 4 N–H and O–H groups in total. The molecule has 2 aliphatic heterocycles. The third-order valence-corrected chi connectivity index (χ3v) is 17.1. The number of aromatic amines is 1. The second-order valence-electron chi connectivity index (χ2n) is 21.6. The molecule has 2 fully saturated rings. The quantitative estimate of drug-likeness (QED) is 0.0144. The van der Waals surface area contributed by atoms with Gasteiger partial charge in [-0.1, -0.05) is 72.8 Å². The summed E-state index contributed by atoms with van der Waals surface area (Å²) in [5.74, 6) is -2.22. The lowest BCUT2D eigenvalue weighted by atomic mass is 9.79. The van der Waals surface area contributed by atoms with Crippen molar-refractivity contribution >= 4 is 54.5 Å². The van der Waals surface area contributed by atoms with E-state index in [0.29, 0.717) is 33.9 Å². The number of para-hydroxylation sites is 1. The topological polar surface area (TPSA) is 318 Å². The van der Waals surface area contributed by atoms with Gasteiger partial charge in [0.15, 0.2) is 35.8 Å². The van der Waals surface area contributed by atoms with E-state index >= 15 is 9.36 Å². The minimum Gasteiger partial charge on any atom is -0.497 e. The Morgan fingerprint density at radius 3 is 1.92 bits per heavy atom. The summed E-state index contributed by atoms with van der Waals surface area (Å²) in [6, 6.07) is 30.1. The Balaban J connectivity index is 1.22. The van der Waals surface area contributed by atoms with Crippen LogP contribution in [0, 0.1) is 0 Å². The molecule has 8 rings (SSSR count). The number of hydrogen-bond donors (Lipinski definition) is 3. The monoisotopic (exact) mass is 1250 g/mol. The second kappa shape index (κ2) is 30.0. The van der Waals surface area contributed by atoms with Gasteiger partial charge in [-0.2, -0.15) is 4.98 Å². The summed E-state index contributed by atoms with van der Waals surface area (Å²) in [5, 5.41) is 2.67. The van der Waals surface area contributed by atoms with Gasteiger partial charge in [0.25, 0.3) is 5.56 Å². The molecule has 26 nitrogen and oxygen atoms in total. The highest BCUT2D eigenvalue weighted by molar-refractivity contribution is 7.51. The number of anilines is 1. The van der Waals surface area contributed by atoms with Gasteiger partial charge in [-0.15, -0.1) is 0 Å². The van der Waals surface area contributed by atoms with Crippen molar-refractivity contribution in [2.45, 2.75) is 141 Å². The summed E-state index contributed by atoms with van der Waals surface area (Å²) >= 11 is 0. The van der Waals surface area contributed by atoms with E-state index in [-0.39, 0.29) is 43.2 Å². The van der Waals surface area contributed by atoms with Crippen LogP contribution >= 0.6 is 7.75 Å². The molecule has 0 aliphatic carbocycles. The Morgan fingerprint density at radius 1 is 0.775 bits per heavy atom. The van der Waals surface area contributed by atoms with Crippen molar-refractivity contribution in [1.29, 1.82) is 0 Å². The van der Waals surface area contributed by atoms with E-state index in [1.165, 1.54) is 24.7 Å². The van der Waals surface area contributed by atoms with Crippen molar-refractivity contribution in [3.63, 3.8) is 0 Å². The summed E-state index contributed by atoms with van der Waals surface area (Å²) in [7, 11) is -1.55. The third-order valence-electron chi connectivity index (χ3n) is 14.6. The van der Waals surface area contributed by atoms with Crippen molar-refractivity contribution in [1.82, 2.24) is 29.5 Å². The van der Waals surface area contributed by atoms with Gasteiger partial charge in [0.1, 0.15) is 66.6 Å². The molecular formula is C62H76N7O19P. The van der Waals surface area contributed by atoms with Crippen LogP contribution in [0.5, 0.6) is 17.2 Å². The molecule has 0 radical (unpaired) electrons. The molecular weight excluding hydrogens is 1180 g/mol. The number of rotatable bonds is 29. The number of nitrogens with two attached hydrogens (primary N) is 1. The van der Waals surface area contributed by atoms with Crippen LogP contribution in [0.25, 0.3) is 11.2 Å². The zero-order valence-electron chi connectivity index (χ0n) is 51.1. The number of fused-ring (bicyclic) bond motifs is 1. The number of esters is 3.